The van der Waals surface area contributed by atoms with Gasteiger partial charge in [-0.05, 0) is 43.5 Å². The molecule has 0 bridgehead atoms. The van der Waals surface area contributed by atoms with Crippen LogP contribution >= 0.6 is 0 Å². The van der Waals surface area contributed by atoms with Gasteiger partial charge in [-0.15, -0.1) is 0 Å². The summed E-state index contributed by atoms with van der Waals surface area (Å²) in [7, 11) is 0. The molecule has 4 nitrogen and oxygen atoms in total. The highest BCUT2D eigenvalue weighted by atomic mass is 15.2. The summed E-state index contributed by atoms with van der Waals surface area (Å²) in [6.45, 7) is 7.31. The number of nitrogens with zero attached hydrogens (tertiary/aromatic N) is 3. The highest BCUT2D eigenvalue weighted by molar-refractivity contribution is 5.76. The standard InChI is InChI=1S/C21H24N4/c1-15(25-12-11-17-7-3-4-8-18(17)14-25)13-22-21-16(2)23-19-9-5-6-10-20(19)24-21/h3-10,15H,11-14H2,1-2H3,(H,22,24)/t15-/m0/s1. The third-order valence-corrected chi connectivity index (χ3v) is 5.09. The van der Waals surface area contributed by atoms with E-state index in [1.807, 2.05) is 31.2 Å². The van der Waals surface area contributed by atoms with Gasteiger partial charge in [-0.1, -0.05) is 36.4 Å². The first-order chi connectivity index (χ1) is 12.2. The minimum absolute atomic E-state index is 0.445. The lowest BCUT2D eigenvalue weighted by Crippen LogP contribution is -2.41. The van der Waals surface area contributed by atoms with Crippen molar-refractivity contribution in [3.8, 4) is 0 Å². The molecule has 0 radical (unpaired) electrons. The summed E-state index contributed by atoms with van der Waals surface area (Å²) in [5.41, 5.74) is 5.80. The summed E-state index contributed by atoms with van der Waals surface area (Å²) in [4.78, 5) is 11.9. The van der Waals surface area contributed by atoms with Crippen LogP contribution < -0.4 is 5.32 Å². The first-order valence-corrected chi connectivity index (χ1v) is 8.99. The Bertz CT molecular complexity index is 890. The van der Waals surface area contributed by atoms with Crippen LogP contribution in [-0.4, -0.2) is 34.0 Å². The SMILES string of the molecule is Cc1nc2ccccc2nc1NC[C@H](C)N1CCc2ccccc2C1. The van der Waals surface area contributed by atoms with Crippen LogP contribution in [-0.2, 0) is 13.0 Å². The number of rotatable bonds is 4. The van der Waals surface area contributed by atoms with E-state index in [0.29, 0.717) is 6.04 Å². The van der Waals surface area contributed by atoms with Crippen LogP contribution in [0.2, 0.25) is 0 Å². The van der Waals surface area contributed by atoms with Gasteiger partial charge in [0.15, 0.2) is 0 Å². The Kier molecular flexibility index (Phi) is 4.36. The molecule has 4 rings (SSSR count). The molecule has 1 aromatic heterocycles. The molecule has 0 fully saturated rings. The number of anilines is 1. The van der Waals surface area contributed by atoms with E-state index in [1.54, 1.807) is 0 Å². The molecule has 0 saturated carbocycles. The van der Waals surface area contributed by atoms with Gasteiger partial charge in [0.05, 0.1) is 16.7 Å². The van der Waals surface area contributed by atoms with Crippen LogP contribution in [0.3, 0.4) is 0 Å². The lowest BCUT2D eigenvalue weighted by atomic mass is 9.99. The Morgan fingerprint density at radius 1 is 1.00 bits per heavy atom. The largest absolute Gasteiger partial charge is 0.367 e. The van der Waals surface area contributed by atoms with Gasteiger partial charge < -0.3 is 5.32 Å². The molecule has 0 spiro atoms. The van der Waals surface area contributed by atoms with Gasteiger partial charge in [0.2, 0.25) is 0 Å². The van der Waals surface area contributed by atoms with Gasteiger partial charge in [0, 0.05) is 25.7 Å². The maximum atomic E-state index is 4.74. The highest BCUT2D eigenvalue weighted by Crippen LogP contribution is 2.21. The predicted molar refractivity (Wildman–Crippen MR) is 103 cm³/mol. The first-order valence-electron chi connectivity index (χ1n) is 8.99. The minimum Gasteiger partial charge on any atom is -0.367 e. The topological polar surface area (TPSA) is 41.1 Å². The predicted octanol–water partition coefficient (Wildman–Crippen LogP) is 3.80. The van der Waals surface area contributed by atoms with E-state index in [1.165, 1.54) is 11.1 Å². The number of hydrogen-bond acceptors (Lipinski definition) is 4. The number of para-hydroxylation sites is 2. The number of hydrogen-bond donors (Lipinski definition) is 1. The van der Waals surface area contributed by atoms with E-state index in [9.17, 15) is 0 Å². The molecule has 0 saturated heterocycles. The number of nitrogens with one attached hydrogen (secondary N) is 1. The zero-order chi connectivity index (χ0) is 17.2. The molecule has 1 aliphatic heterocycles. The summed E-state index contributed by atoms with van der Waals surface area (Å²) in [6, 6.07) is 17.2. The summed E-state index contributed by atoms with van der Waals surface area (Å²) in [5, 5.41) is 3.51. The maximum Gasteiger partial charge on any atom is 0.148 e. The highest BCUT2D eigenvalue weighted by Gasteiger charge is 2.20. The average molecular weight is 332 g/mol. The molecular weight excluding hydrogens is 308 g/mol. The van der Waals surface area contributed by atoms with Crippen molar-refractivity contribution in [2.75, 3.05) is 18.4 Å². The third-order valence-electron chi connectivity index (χ3n) is 5.09. The Morgan fingerprint density at radius 3 is 2.48 bits per heavy atom. The second-order valence-electron chi connectivity index (χ2n) is 6.87. The molecule has 2 aromatic carbocycles. The van der Waals surface area contributed by atoms with Crippen molar-refractivity contribution in [2.24, 2.45) is 0 Å². The molecule has 2 heterocycles. The number of benzene rings is 2. The summed E-state index contributed by atoms with van der Waals surface area (Å²) < 4.78 is 0. The van der Waals surface area contributed by atoms with Gasteiger partial charge in [0.1, 0.15) is 5.82 Å². The van der Waals surface area contributed by atoms with E-state index < -0.39 is 0 Å². The Labute approximate surface area is 148 Å². The quantitative estimate of drug-likeness (QED) is 0.789. The lowest BCUT2D eigenvalue weighted by molar-refractivity contribution is 0.198. The number of aryl methyl sites for hydroxylation is 1. The van der Waals surface area contributed by atoms with Crippen molar-refractivity contribution in [2.45, 2.75) is 32.9 Å². The maximum absolute atomic E-state index is 4.74. The Hall–Kier alpha value is -2.46. The van der Waals surface area contributed by atoms with Crippen molar-refractivity contribution < 1.29 is 0 Å². The van der Waals surface area contributed by atoms with Gasteiger partial charge in [-0.2, -0.15) is 0 Å². The fraction of sp³-hybridized carbons (Fsp3) is 0.333. The molecule has 1 aliphatic rings. The van der Waals surface area contributed by atoms with E-state index in [-0.39, 0.29) is 0 Å². The van der Waals surface area contributed by atoms with Gasteiger partial charge >= 0.3 is 0 Å². The van der Waals surface area contributed by atoms with Crippen molar-refractivity contribution >= 4 is 16.9 Å². The molecular formula is C21H24N4. The normalized spacial score (nSPS) is 15.8. The molecule has 1 atom stereocenters. The molecule has 1 N–H and O–H groups in total. The van der Waals surface area contributed by atoms with Crippen LogP contribution in [0.25, 0.3) is 11.0 Å². The average Bonchev–Trinajstić information content (AvgIpc) is 2.65. The third kappa shape index (κ3) is 3.35. The second-order valence-corrected chi connectivity index (χ2v) is 6.87. The van der Waals surface area contributed by atoms with E-state index in [0.717, 1.165) is 48.6 Å². The van der Waals surface area contributed by atoms with Crippen LogP contribution in [0.5, 0.6) is 0 Å². The van der Waals surface area contributed by atoms with Gasteiger partial charge in [0.25, 0.3) is 0 Å². The molecule has 3 aromatic rings. The van der Waals surface area contributed by atoms with Crippen molar-refractivity contribution in [3.05, 3.63) is 65.4 Å². The molecule has 25 heavy (non-hydrogen) atoms. The lowest BCUT2D eigenvalue weighted by Gasteiger charge is -2.34. The van der Waals surface area contributed by atoms with Gasteiger partial charge in [-0.25, -0.2) is 9.97 Å². The van der Waals surface area contributed by atoms with Crippen molar-refractivity contribution in [1.29, 1.82) is 0 Å². The number of fused-ring (bicyclic) bond motifs is 2. The van der Waals surface area contributed by atoms with Crippen LogP contribution in [0.1, 0.15) is 23.7 Å². The Morgan fingerprint density at radius 2 is 1.68 bits per heavy atom. The summed E-state index contributed by atoms with van der Waals surface area (Å²) in [5.74, 6) is 0.892. The summed E-state index contributed by atoms with van der Waals surface area (Å²) >= 11 is 0. The second kappa shape index (κ2) is 6.81. The van der Waals surface area contributed by atoms with Crippen LogP contribution in [0, 0.1) is 6.92 Å². The first kappa shape index (κ1) is 16.0. The molecule has 4 heteroatoms. The van der Waals surface area contributed by atoms with E-state index in [2.05, 4.69) is 46.4 Å². The Balaban J connectivity index is 1.44. The van der Waals surface area contributed by atoms with Crippen molar-refractivity contribution in [3.63, 3.8) is 0 Å². The zero-order valence-electron chi connectivity index (χ0n) is 14.9. The fourth-order valence-electron chi connectivity index (χ4n) is 3.52. The number of aromatic nitrogens is 2. The molecule has 128 valence electrons. The van der Waals surface area contributed by atoms with Crippen LogP contribution in [0.15, 0.2) is 48.5 Å². The van der Waals surface area contributed by atoms with Crippen LogP contribution in [0.4, 0.5) is 5.82 Å². The zero-order valence-corrected chi connectivity index (χ0v) is 14.9. The van der Waals surface area contributed by atoms with E-state index in [4.69, 9.17) is 4.98 Å². The van der Waals surface area contributed by atoms with E-state index >= 15 is 0 Å². The molecule has 0 unspecified atom stereocenters. The fourth-order valence-corrected chi connectivity index (χ4v) is 3.52. The van der Waals surface area contributed by atoms with Gasteiger partial charge in [-0.3, -0.25) is 4.90 Å². The van der Waals surface area contributed by atoms with Crippen molar-refractivity contribution in [1.82, 2.24) is 14.9 Å². The smallest absolute Gasteiger partial charge is 0.148 e. The minimum atomic E-state index is 0.445. The summed E-state index contributed by atoms with van der Waals surface area (Å²) in [6.07, 6.45) is 1.13. The molecule has 0 amide bonds. The molecule has 0 aliphatic carbocycles. The monoisotopic (exact) mass is 332 g/mol.